The molecule has 0 saturated heterocycles. The standard InChI is InChI=1S/C22H19N3O4.ClH/c1-2-28-22(27)18-19(26)17(11-15-13-24-20-16(15)9-6-10-23-20)29-21(18)25-12-14-7-4-3-5-8-14;/h3-11,13,25H,2,12H2,1H3,(H,23,24);1H. The summed E-state index contributed by atoms with van der Waals surface area (Å²) in [6, 6.07) is 13.3. The third-order valence-electron chi connectivity index (χ3n) is 4.44. The fourth-order valence-corrected chi connectivity index (χ4v) is 3.06. The van der Waals surface area contributed by atoms with Gasteiger partial charge in [-0.2, -0.15) is 0 Å². The Morgan fingerprint density at radius 3 is 2.80 bits per heavy atom. The number of nitrogens with one attached hydrogen (secondary N) is 2. The molecule has 2 N–H and O–H groups in total. The Kier molecular flexibility index (Phi) is 6.54. The molecule has 0 fully saturated rings. The van der Waals surface area contributed by atoms with Crippen molar-refractivity contribution in [2.75, 3.05) is 6.61 Å². The minimum absolute atomic E-state index is 0. The molecule has 154 valence electrons. The van der Waals surface area contributed by atoms with Gasteiger partial charge in [-0.25, -0.2) is 9.78 Å². The van der Waals surface area contributed by atoms with Crippen LogP contribution in [0.4, 0.5) is 0 Å². The summed E-state index contributed by atoms with van der Waals surface area (Å²) in [6.07, 6.45) is 5.01. The highest BCUT2D eigenvalue weighted by Crippen LogP contribution is 2.28. The number of rotatable bonds is 6. The maximum atomic E-state index is 12.9. The van der Waals surface area contributed by atoms with E-state index in [2.05, 4.69) is 15.3 Å². The smallest absolute Gasteiger partial charge is 0.347 e. The van der Waals surface area contributed by atoms with Gasteiger partial charge in [0, 0.05) is 29.9 Å². The highest BCUT2D eigenvalue weighted by molar-refractivity contribution is 6.26. The average Bonchev–Trinajstić information content (AvgIpc) is 3.29. The van der Waals surface area contributed by atoms with Crippen molar-refractivity contribution in [1.82, 2.24) is 15.3 Å². The zero-order valence-electron chi connectivity index (χ0n) is 16.2. The number of esters is 1. The number of allylic oxidation sites excluding steroid dienone is 1. The highest BCUT2D eigenvalue weighted by atomic mass is 35.5. The summed E-state index contributed by atoms with van der Waals surface area (Å²) in [5, 5.41) is 3.89. The van der Waals surface area contributed by atoms with E-state index in [1.54, 1.807) is 25.4 Å². The summed E-state index contributed by atoms with van der Waals surface area (Å²) >= 11 is 0. The molecule has 0 bridgehead atoms. The average molecular weight is 426 g/mol. The van der Waals surface area contributed by atoms with Crippen molar-refractivity contribution in [2.45, 2.75) is 13.5 Å². The molecule has 8 heteroatoms. The Labute approximate surface area is 179 Å². The molecule has 0 atom stereocenters. The molecule has 7 nitrogen and oxygen atoms in total. The maximum absolute atomic E-state index is 12.9. The van der Waals surface area contributed by atoms with Gasteiger partial charge in [0.05, 0.1) is 6.61 Å². The zero-order chi connectivity index (χ0) is 20.2. The molecule has 3 aromatic rings. The van der Waals surface area contributed by atoms with Gasteiger partial charge in [0.1, 0.15) is 5.65 Å². The minimum Gasteiger partial charge on any atom is -0.462 e. The summed E-state index contributed by atoms with van der Waals surface area (Å²) in [5.74, 6) is -1.08. The van der Waals surface area contributed by atoms with Gasteiger partial charge in [-0.05, 0) is 30.7 Å². The lowest BCUT2D eigenvalue weighted by Crippen LogP contribution is -2.19. The SMILES string of the molecule is CCOC(=O)C1=C(NCc2ccccc2)OC(=Cc2c[nH]c3ncccc23)C1=O.Cl. The molecular formula is C22H20ClN3O4. The normalized spacial score (nSPS) is 14.6. The Morgan fingerprint density at radius 2 is 2.03 bits per heavy atom. The largest absolute Gasteiger partial charge is 0.462 e. The second kappa shape index (κ2) is 9.28. The minimum atomic E-state index is -0.711. The Bertz CT molecular complexity index is 1140. The summed E-state index contributed by atoms with van der Waals surface area (Å²) in [7, 11) is 0. The number of hydrogen-bond donors (Lipinski definition) is 2. The number of ketones is 1. The van der Waals surface area contributed by atoms with Crippen LogP contribution < -0.4 is 5.32 Å². The van der Waals surface area contributed by atoms with Crippen LogP contribution in [0.1, 0.15) is 18.1 Å². The van der Waals surface area contributed by atoms with Crippen LogP contribution in [-0.4, -0.2) is 28.3 Å². The lowest BCUT2D eigenvalue weighted by molar-refractivity contribution is -0.139. The number of H-pyrrole nitrogens is 1. The van der Waals surface area contributed by atoms with Crippen molar-refractivity contribution in [3.05, 3.63) is 83.2 Å². The van der Waals surface area contributed by atoms with Crippen LogP contribution in [0.2, 0.25) is 0 Å². The number of aromatic nitrogens is 2. The van der Waals surface area contributed by atoms with Crippen LogP contribution >= 0.6 is 12.4 Å². The first-order chi connectivity index (χ1) is 14.2. The van der Waals surface area contributed by atoms with E-state index in [4.69, 9.17) is 9.47 Å². The molecule has 1 aliphatic heterocycles. The van der Waals surface area contributed by atoms with E-state index in [0.717, 1.165) is 16.5 Å². The predicted molar refractivity (Wildman–Crippen MR) is 114 cm³/mol. The van der Waals surface area contributed by atoms with E-state index >= 15 is 0 Å². The molecule has 3 heterocycles. The lowest BCUT2D eigenvalue weighted by Gasteiger charge is -2.08. The summed E-state index contributed by atoms with van der Waals surface area (Å²) in [5.41, 5.74) is 2.29. The van der Waals surface area contributed by atoms with Gasteiger partial charge in [-0.15, -0.1) is 12.4 Å². The first kappa shape index (κ1) is 21.1. The van der Waals surface area contributed by atoms with Crippen molar-refractivity contribution in [2.24, 2.45) is 0 Å². The molecule has 2 aromatic heterocycles. The van der Waals surface area contributed by atoms with Gasteiger partial charge in [0.15, 0.2) is 11.3 Å². The van der Waals surface area contributed by atoms with E-state index in [1.165, 1.54) is 0 Å². The van der Waals surface area contributed by atoms with Crippen molar-refractivity contribution in [1.29, 1.82) is 0 Å². The number of aromatic amines is 1. The third-order valence-corrected chi connectivity index (χ3v) is 4.44. The molecule has 0 radical (unpaired) electrons. The number of fused-ring (bicyclic) bond motifs is 1. The topological polar surface area (TPSA) is 93.3 Å². The van der Waals surface area contributed by atoms with Crippen molar-refractivity contribution in [3.8, 4) is 0 Å². The molecule has 0 saturated carbocycles. The molecule has 30 heavy (non-hydrogen) atoms. The van der Waals surface area contributed by atoms with E-state index in [0.29, 0.717) is 12.2 Å². The van der Waals surface area contributed by atoms with Crippen molar-refractivity contribution in [3.63, 3.8) is 0 Å². The molecule has 0 spiro atoms. The number of hydrogen-bond acceptors (Lipinski definition) is 6. The maximum Gasteiger partial charge on any atom is 0.347 e. The fourth-order valence-electron chi connectivity index (χ4n) is 3.06. The molecular weight excluding hydrogens is 406 g/mol. The summed E-state index contributed by atoms with van der Waals surface area (Å²) in [6.45, 7) is 2.25. The van der Waals surface area contributed by atoms with E-state index in [1.807, 2.05) is 42.5 Å². The van der Waals surface area contributed by atoms with Crippen LogP contribution in [0.5, 0.6) is 0 Å². The number of carbonyl (C=O) groups excluding carboxylic acids is 2. The number of Topliss-reactive ketones (excluding diaryl/α,β-unsaturated/α-hetero) is 1. The third kappa shape index (κ3) is 4.21. The van der Waals surface area contributed by atoms with Crippen molar-refractivity contribution >= 4 is 41.3 Å². The molecule has 0 unspecified atom stereocenters. The first-order valence-electron chi connectivity index (χ1n) is 9.23. The second-order valence-electron chi connectivity index (χ2n) is 6.35. The molecule has 1 aliphatic rings. The van der Waals surface area contributed by atoms with Crippen LogP contribution in [0, 0.1) is 0 Å². The number of pyridine rings is 1. The van der Waals surface area contributed by atoms with Gasteiger partial charge in [-0.1, -0.05) is 30.3 Å². The number of nitrogens with zero attached hydrogens (tertiary/aromatic N) is 1. The number of carbonyl (C=O) groups is 2. The molecule has 1 aromatic carbocycles. The first-order valence-corrected chi connectivity index (χ1v) is 9.23. The van der Waals surface area contributed by atoms with E-state index in [9.17, 15) is 9.59 Å². The Hall–Kier alpha value is -3.58. The highest BCUT2D eigenvalue weighted by Gasteiger charge is 2.36. The van der Waals surface area contributed by atoms with Crippen LogP contribution in [0.15, 0.2) is 72.1 Å². The Morgan fingerprint density at radius 1 is 1.23 bits per heavy atom. The predicted octanol–water partition coefficient (Wildman–Crippen LogP) is 3.49. The quantitative estimate of drug-likeness (QED) is 0.357. The number of halogens is 1. The monoisotopic (exact) mass is 425 g/mol. The van der Waals surface area contributed by atoms with E-state index < -0.39 is 11.8 Å². The van der Waals surface area contributed by atoms with Crippen LogP contribution in [0.25, 0.3) is 17.1 Å². The number of ether oxygens (including phenoxy) is 2. The van der Waals surface area contributed by atoms with Gasteiger partial charge in [0.25, 0.3) is 0 Å². The molecule has 4 rings (SSSR count). The van der Waals surface area contributed by atoms with Gasteiger partial charge < -0.3 is 19.8 Å². The zero-order valence-corrected chi connectivity index (χ0v) is 17.0. The molecule has 0 aliphatic carbocycles. The summed E-state index contributed by atoms with van der Waals surface area (Å²) < 4.78 is 10.8. The molecule has 0 amide bonds. The van der Waals surface area contributed by atoms with Gasteiger partial charge >= 0.3 is 5.97 Å². The lowest BCUT2D eigenvalue weighted by atomic mass is 10.1. The fraction of sp³-hybridized carbons (Fsp3) is 0.136. The Balaban J connectivity index is 0.00000256. The van der Waals surface area contributed by atoms with Crippen molar-refractivity contribution < 1.29 is 19.1 Å². The van der Waals surface area contributed by atoms with Crippen LogP contribution in [0.3, 0.4) is 0 Å². The van der Waals surface area contributed by atoms with Gasteiger partial charge in [0.2, 0.25) is 11.7 Å². The van der Waals surface area contributed by atoms with Gasteiger partial charge in [-0.3, -0.25) is 4.79 Å². The number of benzene rings is 1. The second-order valence-corrected chi connectivity index (χ2v) is 6.35. The summed E-state index contributed by atoms with van der Waals surface area (Å²) in [4.78, 5) is 32.5. The van der Waals surface area contributed by atoms with Crippen LogP contribution in [-0.2, 0) is 25.6 Å². The van der Waals surface area contributed by atoms with E-state index in [-0.39, 0.29) is 36.2 Å².